The highest BCUT2D eigenvalue weighted by Crippen LogP contribution is 2.29. The number of hydrogen-bond donors (Lipinski definition) is 0. The van der Waals surface area contributed by atoms with Crippen LogP contribution in [0.1, 0.15) is 40.0 Å². The van der Waals surface area contributed by atoms with Gasteiger partial charge in [-0.2, -0.15) is 0 Å². The molecule has 2 heteroatoms. The summed E-state index contributed by atoms with van der Waals surface area (Å²) in [5.41, 5.74) is 0. The topological polar surface area (TPSA) is 0 Å². The minimum atomic E-state index is 0. The van der Waals surface area contributed by atoms with Crippen LogP contribution in [0.2, 0.25) is 0 Å². The fraction of sp³-hybridized carbons (Fsp3) is 1.00. The third-order valence-electron chi connectivity index (χ3n) is 1.90. The van der Waals surface area contributed by atoms with Crippen LogP contribution in [-0.2, 0) is 0 Å². The van der Waals surface area contributed by atoms with Crippen molar-refractivity contribution in [1.29, 1.82) is 0 Å². The molecule has 0 aromatic rings. The first-order chi connectivity index (χ1) is 3.68. The highest BCUT2D eigenvalue weighted by atomic mass is 79.9. The van der Waals surface area contributed by atoms with Gasteiger partial charge in [-0.05, 0) is 19.3 Å². The maximum atomic E-state index is 3.68. The number of alkyl halides is 1. The third-order valence-corrected chi connectivity index (χ3v) is 3.58. The molecular weight excluding hydrogens is 244 g/mol. The zero-order valence-electron chi connectivity index (χ0n) is 6.41. The van der Waals surface area contributed by atoms with Crippen LogP contribution in [-0.4, -0.2) is 4.32 Å². The Balaban J connectivity index is 0. The van der Waals surface area contributed by atoms with E-state index in [0.29, 0.717) is 4.32 Å². The lowest BCUT2D eigenvalue weighted by Gasteiger charge is -2.21. The summed E-state index contributed by atoms with van der Waals surface area (Å²) < 4.78 is 0.438. The van der Waals surface area contributed by atoms with Crippen LogP contribution in [0.15, 0.2) is 0 Å². The lowest BCUT2D eigenvalue weighted by molar-refractivity contribution is 0.544. The molecule has 0 heterocycles. The Morgan fingerprint density at radius 3 is 1.22 bits per heavy atom. The molecule has 0 saturated heterocycles. The predicted octanol–water partition coefficient (Wildman–Crippen LogP) is 3.93. The van der Waals surface area contributed by atoms with Crippen LogP contribution in [0.3, 0.4) is 0 Å². The van der Waals surface area contributed by atoms with Crippen molar-refractivity contribution in [2.45, 2.75) is 44.4 Å². The molecule has 9 heavy (non-hydrogen) atoms. The van der Waals surface area contributed by atoms with Gasteiger partial charge in [0.05, 0.1) is 0 Å². The molecule has 0 aliphatic carbocycles. The van der Waals surface area contributed by atoms with Gasteiger partial charge < -0.3 is 0 Å². The van der Waals surface area contributed by atoms with E-state index in [2.05, 4.69) is 36.7 Å². The lowest BCUT2D eigenvalue weighted by Crippen LogP contribution is -2.15. The monoisotopic (exact) mass is 258 g/mol. The summed E-state index contributed by atoms with van der Waals surface area (Å²) in [5.74, 6) is 0. The Labute approximate surface area is 77.3 Å². The maximum absolute atomic E-state index is 3.68. The molecule has 58 valence electrons. The van der Waals surface area contributed by atoms with Gasteiger partial charge in [-0.3, -0.25) is 0 Å². The van der Waals surface area contributed by atoms with Crippen molar-refractivity contribution in [1.82, 2.24) is 0 Å². The molecule has 0 atom stereocenters. The first kappa shape index (κ1) is 12.6. The molecule has 0 aromatic carbocycles. The van der Waals surface area contributed by atoms with E-state index in [1.165, 1.54) is 19.3 Å². The van der Waals surface area contributed by atoms with E-state index < -0.39 is 0 Å². The summed E-state index contributed by atoms with van der Waals surface area (Å²) in [5, 5.41) is 0. The summed E-state index contributed by atoms with van der Waals surface area (Å²) in [6.45, 7) is 6.67. The highest BCUT2D eigenvalue weighted by molar-refractivity contribution is 9.10. The van der Waals surface area contributed by atoms with Crippen molar-refractivity contribution in [3.05, 3.63) is 0 Å². The Morgan fingerprint density at radius 2 is 1.22 bits per heavy atom. The Bertz CT molecular complexity index is 49.7. The Kier molecular flexibility index (Phi) is 8.02. The minimum Gasteiger partial charge on any atom is -0.114 e. The Morgan fingerprint density at radius 1 is 1.00 bits per heavy atom. The summed E-state index contributed by atoms with van der Waals surface area (Å²) in [7, 11) is 0. The smallest absolute Gasteiger partial charge is 0.0250 e. The van der Waals surface area contributed by atoms with Crippen LogP contribution in [0.4, 0.5) is 0 Å². The first-order valence-electron chi connectivity index (χ1n) is 3.37. The SMILES string of the molecule is Br.CCC(Br)(CC)CC. The van der Waals surface area contributed by atoms with Gasteiger partial charge >= 0.3 is 0 Å². The van der Waals surface area contributed by atoms with Gasteiger partial charge in [-0.1, -0.05) is 36.7 Å². The summed E-state index contributed by atoms with van der Waals surface area (Å²) in [4.78, 5) is 0. The van der Waals surface area contributed by atoms with Crippen LogP contribution in [0, 0.1) is 0 Å². The van der Waals surface area contributed by atoms with Gasteiger partial charge in [0.25, 0.3) is 0 Å². The summed E-state index contributed by atoms with van der Waals surface area (Å²) in [6, 6.07) is 0. The van der Waals surface area contributed by atoms with Gasteiger partial charge in [0.1, 0.15) is 0 Å². The van der Waals surface area contributed by atoms with Crippen molar-refractivity contribution in [2.24, 2.45) is 0 Å². The van der Waals surface area contributed by atoms with E-state index in [9.17, 15) is 0 Å². The first-order valence-corrected chi connectivity index (χ1v) is 4.16. The molecule has 0 aliphatic rings. The van der Waals surface area contributed by atoms with Gasteiger partial charge in [-0.25, -0.2) is 0 Å². The van der Waals surface area contributed by atoms with E-state index in [1.54, 1.807) is 0 Å². The lowest BCUT2D eigenvalue weighted by atomic mass is 10.0. The molecule has 0 unspecified atom stereocenters. The maximum Gasteiger partial charge on any atom is 0.0250 e. The summed E-state index contributed by atoms with van der Waals surface area (Å²) >= 11 is 3.68. The molecule has 0 N–H and O–H groups in total. The quantitative estimate of drug-likeness (QED) is 0.674. The van der Waals surface area contributed by atoms with Crippen molar-refractivity contribution in [3.63, 3.8) is 0 Å². The van der Waals surface area contributed by atoms with E-state index in [1.807, 2.05) is 0 Å². The van der Waals surface area contributed by atoms with Gasteiger partial charge in [-0.15, -0.1) is 17.0 Å². The second-order valence-electron chi connectivity index (χ2n) is 2.21. The molecule has 0 spiro atoms. The van der Waals surface area contributed by atoms with Crippen molar-refractivity contribution in [3.8, 4) is 0 Å². The second kappa shape index (κ2) is 5.72. The largest absolute Gasteiger partial charge is 0.114 e. The highest BCUT2D eigenvalue weighted by Gasteiger charge is 2.17. The van der Waals surface area contributed by atoms with E-state index in [-0.39, 0.29) is 17.0 Å². The average molecular weight is 260 g/mol. The number of halogens is 2. The standard InChI is InChI=1S/C7H15Br.BrH/c1-4-7(8,5-2)6-3;/h4-6H2,1-3H3;1H. The van der Waals surface area contributed by atoms with Crippen molar-refractivity contribution in [2.75, 3.05) is 0 Å². The normalized spacial score (nSPS) is 10.7. The molecule has 0 fully saturated rings. The molecule has 0 radical (unpaired) electrons. The van der Waals surface area contributed by atoms with Crippen LogP contribution in [0.25, 0.3) is 0 Å². The van der Waals surface area contributed by atoms with Crippen LogP contribution in [0.5, 0.6) is 0 Å². The average Bonchev–Trinajstić information content (AvgIpc) is 1.87. The van der Waals surface area contributed by atoms with Crippen LogP contribution >= 0.6 is 32.9 Å². The van der Waals surface area contributed by atoms with E-state index >= 15 is 0 Å². The molecule has 0 bridgehead atoms. The van der Waals surface area contributed by atoms with Crippen molar-refractivity contribution >= 4 is 32.9 Å². The zero-order chi connectivity index (χ0) is 6.62. The molecule has 0 aliphatic heterocycles. The third kappa shape index (κ3) is 4.38. The molecule has 0 rings (SSSR count). The fourth-order valence-electron chi connectivity index (χ4n) is 0.750. The number of rotatable bonds is 3. The molecule has 0 saturated carbocycles. The van der Waals surface area contributed by atoms with Gasteiger partial charge in [0, 0.05) is 4.32 Å². The number of hydrogen-bond acceptors (Lipinski definition) is 0. The molecule has 0 nitrogen and oxygen atoms in total. The van der Waals surface area contributed by atoms with Crippen molar-refractivity contribution < 1.29 is 0 Å². The second-order valence-corrected chi connectivity index (χ2v) is 3.89. The molecule has 0 amide bonds. The summed E-state index contributed by atoms with van der Waals surface area (Å²) in [6.07, 6.45) is 3.71. The Hall–Kier alpha value is 0.960. The van der Waals surface area contributed by atoms with E-state index in [4.69, 9.17) is 0 Å². The minimum absolute atomic E-state index is 0. The van der Waals surface area contributed by atoms with Gasteiger partial charge in [0.2, 0.25) is 0 Å². The molecule has 0 aromatic heterocycles. The van der Waals surface area contributed by atoms with Gasteiger partial charge in [0.15, 0.2) is 0 Å². The predicted molar refractivity (Wildman–Crippen MR) is 52.9 cm³/mol. The zero-order valence-corrected chi connectivity index (χ0v) is 9.71. The molecular formula is C7H16Br2. The fourth-order valence-corrected chi connectivity index (χ4v) is 0.750. The van der Waals surface area contributed by atoms with Crippen LogP contribution < -0.4 is 0 Å². The van der Waals surface area contributed by atoms with E-state index in [0.717, 1.165) is 0 Å².